The van der Waals surface area contributed by atoms with Crippen molar-refractivity contribution < 1.29 is 4.92 Å². The molecule has 0 aromatic heterocycles. The molecule has 1 aromatic carbocycles. The van der Waals surface area contributed by atoms with Crippen LogP contribution in [0.4, 0.5) is 0 Å². The summed E-state index contributed by atoms with van der Waals surface area (Å²) in [6.07, 6.45) is 4.02. The van der Waals surface area contributed by atoms with Gasteiger partial charge in [-0.05, 0) is 31.7 Å². The van der Waals surface area contributed by atoms with E-state index in [0.717, 1.165) is 32.0 Å². The third kappa shape index (κ3) is 6.45. The van der Waals surface area contributed by atoms with E-state index in [0.29, 0.717) is 5.82 Å². The fraction of sp³-hybridized carbons (Fsp3) is 0.429. The molecule has 5 nitrogen and oxygen atoms in total. The summed E-state index contributed by atoms with van der Waals surface area (Å²) in [4.78, 5) is 9.86. The van der Waals surface area contributed by atoms with E-state index in [4.69, 9.17) is 0 Å². The van der Waals surface area contributed by atoms with Gasteiger partial charge in [-0.1, -0.05) is 29.8 Å². The van der Waals surface area contributed by atoms with Gasteiger partial charge in [-0.15, -0.1) is 0 Å². The highest BCUT2D eigenvalue weighted by atomic mass is 16.6. The molecule has 0 aliphatic heterocycles. The topological polar surface area (TPSA) is 67.2 Å². The van der Waals surface area contributed by atoms with Gasteiger partial charge in [0.25, 0.3) is 6.20 Å². The Morgan fingerprint density at radius 3 is 2.84 bits per heavy atom. The van der Waals surface area contributed by atoms with Crippen LogP contribution in [0.3, 0.4) is 0 Å². The molecular formula is C14H21N3O2. The van der Waals surface area contributed by atoms with Gasteiger partial charge >= 0.3 is 0 Å². The molecule has 0 bridgehead atoms. The van der Waals surface area contributed by atoms with Gasteiger partial charge in [0.05, 0.1) is 4.92 Å². The van der Waals surface area contributed by atoms with Crippen molar-refractivity contribution in [2.24, 2.45) is 0 Å². The van der Waals surface area contributed by atoms with E-state index in [1.165, 1.54) is 11.1 Å². The number of hydrogen-bond acceptors (Lipinski definition) is 4. The summed E-state index contributed by atoms with van der Waals surface area (Å²) in [5.74, 6) is 0.445. The lowest BCUT2D eigenvalue weighted by molar-refractivity contribution is -0.404. The molecule has 0 aliphatic rings. The van der Waals surface area contributed by atoms with E-state index >= 15 is 0 Å². The van der Waals surface area contributed by atoms with E-state index in [9.17, 15) is 10.1 Å². The number of hydrogen-bond donors (Lipinski definition) is 2. The molecule has 19 heavy (non-hydrogen) atoms. The van der Waals surface area contributed by atoms with Crippen LogP contribution >= 0.6 is 0 Å². The Bertz CT molecular complexity index is 444. The zero-order chi connectivity index (χ0) is 14.1. The maximum absolute atomic E-state index is 10.3. The van der Waals surface area contributed by atoms with Crippen LogP contribution in [-0.2, 0) is 6.42 Å². The van der Waals surface area contributed by atoms with E-state index in [1.54, 1.807) is 7.05 Å². The average molecular weight is 263 g/mol. The lowest BCUT2D eigenvalue weighted by Gasteiger charge is -2.08. The largest absolute Gasteiger partial charge is 0.370 e. The first-order valence-electron chi connectivity index (χ1n) is 6.44. The van der Waals surface area contributed by atoms with Crippen molar-refractivity contribution in [3.8, 4) is 0 Å². The SMILES string of the molecule is CNC(=C[N+](=O)[O-])NCCCCc1cccc(C)c1. The van der Waals surface area contributed by atoms with Crippen LogP contribution in [0.2, 0.25) is 0 Å². The summed E-state index contributed by atoms with van der Waals surface area (Å²) in [6, 6.07) is 8.49. The Morgan fingerprint density at radius 1 is 1.42 bits per heavy atom. The lowest BCUT2D eigenvalue weighted by Crippen LogP contribution is -2.25. The van der Waals surface area contributed by atoms with E-state index in [2.05, 4.69) is 41.8 Å². The number of aryl methyl sites for hydroxylation is 2. The third-order valence-corrected chi connectivity index (χ3v) is 2.79. The minimum absolute atomic E-state index is 0.445. The predicted molar refractivity (Wildman–Crippen MR) is 76.3 cm³/mol. The summed E-state index contributed by atoms with van der Waals surface area (Å²) in [5.41, 5.74) is 2.62. The van der Waals surface area contributed by atoms with E-state index < -0.39 is 4.92 Å². The monoisotopic (exact) mass is 263 g/mol. The van der Waals surface area contributed by atoms with Crippen LogP contribution < -0.4 is 10.6 Å². The number of nitrogens with one attached hydrogen (secondary N) is 2. The number of nitro groups is 1. The van der Waals surface area contributed by atoms with Gasteiger partial charge in [0.15, 0.2) is 5.82 Å². The molecule has 0 amide bonds. The van der Waals surface area contributed by atoms with Gasteiger partial charge in [0, 0.05) is 13.6 Å². The van der Waals surface area contributed by atoms with Gasteiger partial charge in [-0.3, -0.25) is 10.1 Å². The van der Waals surface area contributed by atoms with Crippen LogP contribution in [0.1, 0.15) is 24.0 Å². The van der Waals surface area contributed by atoms with Gasteiger partial charge in [-0.25, -0.2) is 0 Å². The van der Waals surface area contributed by atoms with Crippen LogP contribution in [-0.4, -0.2) is 18.5 Å². The summed E-state index contributed by atoms with van der Waals surface area (Å²) >= 11 is 0. The van der Waals surface area contributed by atoms with Crippen LogP contribution in [0.5, 0.6) is 0 Å². The number of nitrogens with zero attached hydrogens (tertiary/aromatic N) is 1. The second-order valence-electron chi connectivity index (χ2n) is 4.45. The second kappa shape index (κ2) is 8.13. The summed E-state index contributed by atoms with van der Waals surface area (Å²) in [6.45, 7) is 2.82. The van der Waals surface area contributed by atoms with Crippen LogP contribution in [0.15, 0.2) is 36.3 Å². The highest BCUT2D eigenvalue weighted by molar-refractivity contribution is 5.22. The first-order chi connectivity index (χ1) is 9.11. The quantitative estimate of drug-likeness (QED) is 0.428. The van der Waals surface area contributed by atoms with Crippen molar-refractivity contribution in [2.45, 2.75) is 26.2 Å². The number of unbranched alkanes of at least 4 members (excludes halogenated alkanes) is 1. The molecule has 0 heterocycles. The Labute approximate surface area is 113 Å². The Balaban J connectivity index is 2.22. The Morgan fingerprint density at radius 2 is 2.21 bits per heavy atom. The first kappa shape index (κ1) is 15.0. The van der Waals surface area contributed by atoms with Crippen molar-refractivity contribution in [2.75, 3.05) is 13.6 Å². The van der Waals surface area contributed by atoms with E-state index in [1.807, 2.05) is 0 Å². The molecule has 1 rings (SSSR count). The summed E-state index contributed by atoms with van der Waals surface area (Å²) in [7, 11) is 1.66. The molecule has 0 saturated heterocycles. The highest BCUT2D eigenvalue weighted by Gasteiger charge is 1.99. The molecule has 2 N–H and O–H groups in total. The second-order valence-corrected chi connectivity index (χ2v) is 4.45. The van der Waals surface area contributed by atoms with Crippen molar-refractivity contribution >= 4 is 0 Å². The third-order valence-electron chi connectivity index (χ3n) is 2.79. The normalized spacial score (nSPS) is 11.2. The van der Waals surface area contributed by atoms with Crippen molar-refractivity contribution in [1.82, 2.24) is 10.6 Å². The minimum Gasteiger partial charge on any atom is -0.370 e. The molecule has 0 saturated carbocycles. The molecule has 0 fully saturated rings. The lowest BCUT2D eigenvalue weighted by atomic mass is 10.1. The van der Waals surface area contributed by atoms with Gasteiger partial charge in [0.1, 0.15) is 0 Å². The fourth-order valence-electron chi connectivity index (χ4n) is 1.85. The summed E-state index contributed by atoms with van der Waals surface area (Å²) in [5, 5.41) is 16.1. The summed E-state index contributed by atoms with van der Waals surface area (Å²) < 4.78 is 0. The number of rotatable bonds is 8. The van der Waals surface area contributed by atoms with Crippen molar-refractivity contribution in [3.63, 3.8) is 0 Å². The molecule has 0 radical (unpaired) electrons. The molecule has 0 spiro atoms. The van der Waals surface area contributed by atoms with Gasteiger partial charge < -0.3 is 10.6 Å². The smallest absolute Gasteiger partial charge is 0.274 e. The van der Waals surface area contributed by atoms with Crippen LogP contribution in [0.25, 0.3) is 0 Å². The molecule has 0 unspecified atom stereocenters. The fourth-order valence-corrected chi connectivity index (χ4v) is 1.85. The Kier molecular flexibility index (Phi) is 6.43. The maximum atomic E-state index is 10.3. The van der Waals surface area contributed by atoms with Crippen molar-refractivity contribution in [3.05, 3.63) is 57.5 Å². The highest BCUT2D eigenvalue weighted by Crippen LogP contribution is 2.07. The number of benzene rings is 1. The molecule has 0 atom stereocenters. The zero-order valence-corrected chi connectivity index (χ0v) is 11.5. The Hall–Kier alpha value is -2.04. The molecule has 104 valence electrons. The molecule has 5 heteroatoms. The zero-order valence-electron chi connectivity index (χ0n) is 11.5. The molecular weight excluding hydrogens is 242 g/mol. The molecule has 0 aliphatic carbocycles. The predicted octanol–water partition coefficient (Wildman–Crippen LogP) is 2.20. The van der Waals surface area contributed by atoms with Gasteiger partial charge in [0.2, 0.25) is 0 Å². The first-order valence-corrected chi connectivity index (χ1v) is 6.44. The molecule has 1 aromatic rings. The van der Waals surface area contributed by atoms with Crippen LogP contribution in [0, 0.1) is 17.0 Å². The average Bonchev–Trinajstić information content (AvgIpc) is 2.36. The van der Waals surface area contributed by atoms with E-state index in [-0.39, 0.29) is 0 Å². The maximum Gasteiger partial charge on any atom is 0.274 e. The van der Waals surface area contributed by atoms with Crippen molar-refractivity contribution in [1.29, 1.82) is 0 Å². The standard InChI is InChI=1S/C14H21N3O2/c1-12-6-5-8-13(10-12)7-3-4-9-16-14(15-2)11-17(18)19/h5-6,8,10-11,15-16H,3-4,7,9H2,1-2H3. The minimum atomic E-state index is -0.467. The van der Waals surface area contributed by atoms with Gasteiger partial charge in [-0.2, -0.15) is 0 Å².